The number of rotatable bonds is 8. The minimum Gasteiger partial charge on any atom is -0.481 e. The molecule has 0 spiro atoms. The summed E-state index contributed by atoms with van der Waals surface area (Å²) in [5, 5.41) is 12.1. The van der Waals surface area contributed by atoms with Gasteiger partial charge in [-0.05, 0) is 31.5 Å². The van der Waals surface area contributed by atoms with Gasteiger partial charge in [-0.1, -0.05) is 45.1 Å². The van der Waals surface area contributed by atoms with E-state index in [1.807, 2.05) is 24.5 Å². The van der Waals surface area contributed by atoms with E-state index >= 15 is 0 Å². The van der Waals surface area contributed by atoms with Crippen molar-refractivity contribution in [3.05, 3.63) is 40.9 Å². The fourth-order valence-electron chi connectivity index (χ4n) is 3.02. The quantitative estimate of drug-likeness (QED) is 0.482. The summed E-state index contributed by atoms with van der Waals surface area (Å²) in [6.07, 6.45) is 7.66. The second-order valence-electron chi connectivity index (χ2n) is 8.75. The van der Waals surface area contributed by atoms with Gasteiger partial charge in [-0.15, -0.1) is 11.3 Å². The highest BCUT2D eigenvalue weighted by molar-refractivity contribution is 7.07. The third-order valence-electron chi connectivity index (χ3n) is 5.82. The second-order valence-corrected chi connectivity index (χ2v) is 14.2. The summed E-state index contributed by atoms with van der Waals surface area (Å²) in [5.41, 5.74) is 0.527. The number of thiazole rings is 1. The van der Waals surface area contributed by atoms with Gasteiger partial charge < -0.3 is 14.3 Å². The lowest BCUT2D eigenvalue weighted by molar-refractivity contribution is -0.157. The van der Waals surface area contributed by atoms with E-state index in [1.54, 1.807) is 17.7 Å². The summed E-state index contributed by atoms with van der Waals surface area (Å²) in [6.45, 7) is 13.4. The first kappa shape index (κ1) is 22.0. The van der Waals surface area contributed by atoms with E-state index in [-0.39, 0.29) is 5.04 Å². The van der Waals surface area contributed by atoms with Crippen molar-refractivity contribution in [1.82, 2.24) is 4.98 Å². The number of carboxylic acids is 1. The van der Waals surface area contributed by atoms with Gasteiger partial charge in [0.2, 0.25) is 0 Å². The minimum absolute atomic E-state index is 0.0175. The zero-order valence-corrected chi connectivity index (χ0v) is 18.9. The summed E-state index contributed by atoms with van der Waals surface area (Å²) in [5.74, 6) is -0.887. The molecular weight excluding hydrogens is 378 g/mol. The minimum atomic E-state index is -2.19. The summed E-state index contributed by atoms with van der Waals surface area (Å²) in [4.78, 5) is 16.6. The third kappa shape index (κ3) is 4.59. The molecule has 0 bridgehead atoms. The standard InChI is InChI=1S/C20H31NO4SSi/c1-18(2,3)27(5,6)25-19(4)9-7-8-10-20(19,17(22)23)11-12-24-13-16-14-26-15-21-16/h7-10,14-15H,11-13H2,1-6H3,(H,22,23). The Labute approximate surface area is 167 Å². The van der Waals surface area contributed by atoms with Crippen molar-refractivity contribution >= 4 is 25.6 Å². The summed E-state index contributed by atoms with van der Waals surface area (Å²) < 4.78 is 12.4. The Kier molecular flexibility index (Phi) is 6.51. The van der Waals surface area contributed by atoms with Crippen LogP contribution in [0.1, 0.15) is 39.8 Å². The molecule has 1 heterocycles. The highest BCUT2D eigenvalue weighted by Crippen LogP contribution is 2.48. The molecule has 27 heavy (non-hydrogen) atoms. The van der Waals surface area contributed by atoms with Crippen molar-refractivity contribution in [3.8, 4) is 0 Å². The number of hydrogen-bond acceptors (Lipinski definition) is 5. The predicted molar refractivity (Wildman–Crippen MR) is 111 cm³/mol. The van der Waals surface area contributed by atoms with E-state index in [1.165, 1.54) is 11.3 Å². The lowest BCUT2D eigenvalue weighted by Gasteiger charge is -2.50. The van der Waals surface area contributed by atoms with Gasteiger partial charge in [0.1, 0.15) is 5.41 Å². The Morgan fingerprint density at radius 3 is 2.52 bits per heavy atom. The molecular formula is C20H31NO4SSi. The fraction of sp³-hybridized carbons (Fsp3) is 0.600. The monoisotopic (exact) mass is 409 g/mol. The van der Waals surface area contributed by atoms with Crippen LogP contribution in [0, 0.1) is 5.41 Å². The zero-order chi connectivity index (χ0) is 20.3. The number of carboxylic acid groups (broad SMARTS) is 1. The predicted octanol–water partition coefficient (Wildman–Crippen LogP) is 5.03. The molecule has 0 saturated carbocycles. The van der Waals surface area contributed by atoms with Gasteiger partial charge in [0.15, 0.2) is 8.32 Å². The number of nitrogens with zero attached hydrogens (tertiary/aromatic N) is 1. The lowest BCUT2D eigenvalue weighted by atomic mass is 9.68. The molecule has 2 atom stereocenters. The van der Waals surface area contributed by atoms with Crippen LogP contribution in [0.4, 0.5) is 0 Å². The van der Waals surface area contributed by atoms with Crippen molar-refractivity contribution in [1.29, 1.82) is 0 Å². The van der Waals surface area contributed by atoms with Crippen LogP contribution in [-0.2, 0) is 20.6 Å². The molecule has 1 N–H and O–H groups in total. The first-order chi connectivity index (χ1) is 12.4. The normalized spacial score (nSPS) is 25.7. The largest absolute Gasteiger partial charge is 0.481 e. The number of aromatic nitrogens is 1. The van der Waals surface area contributed by atoms with E-state index in [9.17, 15) is 9.90 Å². The second kappa shape index (κ2) is 7.99. The van der Waals surface area contributed by atoms with Crippen LogP contribution in [0.25, 0.3) is 0 Å². The fourth-order valence-corrected chi connectivity index (χ4v) is 5.18. The van der Waals surface area contributed by atoms with Crippen molar-refractivity contribution < 1.29 is 19.1 Å². The molecule has 1 aromatic heterocycles. The summed E-state index contributed by atoms with van der Waals surface area (Å²) in [6, 6.07) is 0. The maximum absolute atomic E-state index is 12.4. The van der Waals surface area contributed by atoms with Crippen molar-refractivity contribution in [2.75, 3.05) is 6.61 Å². The van der Waals surface area contributed by atoms with E-state index < -0.39 is 25.3 Å². The van der Waals surface area contributed by atoms with Crippen molar-refractivity contribution in [3.63, 3.8) is 0 Å². The van der Waals surface area contributed by atoms with Gasteiger partial charge >= 0.3 is 5.97 Å². The van der Waals surface area contributed by atoms with Crippen LogP contribution < -0.4 is 0 Å². The smallest absolute Gasteiger partial charge is 0.316 e. The number of ether oxygens (including phenoxy) is 1. The van der Waals surface area contributed by atoms with Crippen molar-refractivity contribution in [2.24, 2.45) is 5.41 Å². The molecule has 1 aliphatic carbocycles. The average molecular weight is 410 g/mol. The average Bonchev–Trinajstić information content (AvgIpc) is 3.04. The van der Waals surface area contributed by atoms with E-state index in [0.29, 0.717) is 19.6 Å². The highest BCUT2D eigenvalue weighted by atomic mass is 32.1. The van der Waals surface area contributed by atoms with Crippen LogP contribution in [0.15, 0.2) is 35.2 Å². The summed E-state index contributed by atoms with van der Waals surface area (Å²) >= 11 is 1.52. The Balaban J connectivity index is 2.21. The Morgan fingerprint density at radius 2 is 1.96 bits per heavy atom. The van der Waals surface area contributed by atoms with Gasteiger partial charge in [0.25, 0.3) is 0 Å². The zero-order valence-electron chi connectivity index (χ0n) is 17.1. The Hall–Kier alpha value is -1.28. The van der Waals surface area contributed by atoms with E-state index in [4.69, 9.17) is 9.16 Å². The van der Waals surface area contributed by atoms with Gasteiger partial charge in [-0.3, -0.25) is 4.79 Å². The molecule has 150 valence electrons. The number of carbonyl (C=O) groups is 1. The van der Waals surface area contributed by atoms with Gasteiger partial charge in [-0.25, -0.2) is 4.98 Å². The molecule has 0 aliphatic heterocycles. The lowest BCUT2D eigenvalue weighted by Crippen LogP contribution is -2.58. The van der Waals surface area contributed by atoms with Crippen LogP contribution in [0.3, 0.4) is 0 Å². The highest BCUT2D eigenvalue weighted by Gasteiger charge is 2.56. The Morgan fingerprint density at radius 1 is 1.30 bits per heavy atom. The molecule has 0 radical (unpaired) electrons. The molecule has 0 fully saturated rings. The van der Waals surface area contributed by atoms with Gasteiger partial charge in [0, 0.05) is 12.0 Å². The maximum Gasteiger partial charge on any atom is 0.316 e. The number of hydrogen-bond donors (Lipinski definition) is 1. The molecule has 0 amide bonds. The molecule has 2 unspecified atom stereocenters. The maximum atomic E-state index is 12.4. The Bertz CT molecular complexity index is 708. The van der Waals surface area contributed by atoms with Crippen LogP contribution in [0.5, 0.6) is 0 Å². The molecule has 0 saturated heterocycles. The molecule has 1 aromatic rings. The SMILES string of the molecule is CC1(O[Si](C)(C)C(C)(C)C)C=CC=CC1(CCOCc1cscn1)C(=O)O. The van der Waals surface area contributed by atoms with Gasteiger partial charge in [-0.2, -0.15) is 0 Å². The van der Waals surface area contributed by atoms with Crippen LogP contribution >= 0.6 is 11.3 Å². The van der Waals surface area contributed by atoms with E-state index in [0.717, 1.165) is 5.69 Å². The first-order valence-corrected chi connectivity index (χ1v) is 13.0. The molecule has 0 aromatic carbocycles. The molecule has 5 nitrogen and oxygen atoms in total. The van der Waals surface area contributed by atoms with Crippen molar-refractivity contribution in [2.45, 2.75) is 64.5 Å². The topological polar surface area (TPSA) is 68.7 Å². The van der Waals surface area contributed by atoms with Crippen LogP contribution in [-0.4, -0.2) is 36.6 Å². The summed E-state index contributed by atoms with van der Waals surface area (Å²) in [7, 11) is -2.19. The molecule has 7 heteroatoms. The molecule has 1 aliphatic rings. The third-order valence-corrected chi connectivity index (χ3v) is 11.0. The van der Waals surface area contributed by atoms with Crippen LogP contribution in [0.2, 0.25) is 18.1 Å². The number of aliphatic carboxylic acids is 1. The first-order valence-electron chi connectivity index (χ1n) is 9.19. The van der Waals surface area contributed by atoms with E-state index in [2.05, 4.69) is 38.8 Å². The number of allylic oxidation sites excluding steroid dienone is 2. The molecule has 2 rings (SSSR count). The van der Waals surface area contributed by atoms with Gasteiger partial charge in [0.05, 0.1) is 23.4 Å².